The smallest absolute Gasteiger partial charge is 0.330 e. The lowest BCUT2D eigenvalue weighted by Crippen LogP contribution is -2.28. The standard InChI is InChI=1S/C9H8ClF3N2O2/c10-5-1-2-8(15(16)17)6(3-5)7(4-14)9(11,12)13/h1-3,7H,4,14H2. The van der Waals surface area contributed by atoms with Gasteiger partial charge in [-0.2, -0.15) is 13.2 Å². The molecule has 0 fully saturated rings. The molecule has 0 aromatic heterocycles. The van der Waals surface area contributed by atoms with E-state index < -0.39 is 34.8 Å². The summed E-state index contributed by atoms with van der Waals surface area (Å²) in [5.41, 5.74) is 3.87. The molecule has 94 valence electrons. The Labute approximate surface area is 99.3 Å². The zero-order valence-corrected chi connectivity index (χ0v) is 9.13. The van der Waals surface area contributed by atoms with Crippen LogP contribution in [0.1, 0.15) is 11.5 Å². The van der Waals surface area contributed by atoms with Gasteiger partial charge in [0.05, 0.1) is 10.8 Å². The Kier molecular flexibility index (Phi) is 3.94. The van der Waals surface area contributed by atoms with Crippen LogP contribution in [0.25, 0.3) is 0 Å². The molecular formula is C9H8ClF3N2O2. The van der Waals surface area contributed by atoms with Gasteiger partial charge in [0.2, 0.25) is 0 Å². The van der Waals surface area contributed by atoms with Crippen LogP contribution < -0.4 is 5.73 Å². The molecule has 1 unspecified atom stereocenters. The van der Waals surface area contributed by atoms with Crippen molar-refractivity contribution < 1.29 is 18.1 Å². The Morgan fingerprint density at radius 2 is 2.06 bits per heavy atom. The van der Waals surface area contributed by atoms with Crippen molar-refractivity contribution in [2.45, 2.75) is 12.1 Å². The molecule has 0 saturated heterocycles. The molecule has 0 aliphatic rings. The molecule has 1 aromatic carbocycles. The van der Waals surface area contributed by atoms with E-state index in [0.717, 1.165) is 18.2 Å². The number of halogens is 4. The first kappa shape index (κ1) is 13.7. The van der Waals surface area contributed by atoms with Crippen molar-refractivity contribution in [1.82, 2.24) is 0 Å². The topological polar surface area (TPSA) is 69.2 Å². The Hall–Kier alpha value is -1.34. The maximum Gasteiger partial charge on any atom is 0.397 e. The predicted octanol–water partition coefficient (Wildman–Crippen LogP) is 2.85. The van der Waals surface area contributed by atoms with E-state index >= 15 is 0 Å². The Bertz CT molecular complexity index is 437. The second-order valence-corrected chi connectivity index (χ2v) is 3.73. The third kappa shape index (κ3) is 3.07. The maximum atomic E-state index is 12.6. The number of hydrogen-bond acceptors (Lipinski definition) is 3. The summed E-state index contributed by atoms with van der Waals surface area (Å²) < 4.78 is 37.9. The van der Waals surface area contributed by atoms with Gasteiger partial charge < -0.3 is 5.73 Å². The minimum Gasteiger partial charge on any atom is -0.330 e. The lowest BCUT2D eigenvalue weighted by Gasteiger charge is -2.18. The minimum absolute atomic E-state index is 0.00620. The van der Waals surface area contributed by atoms with Crippen LogP contribution in [0.3, 0.4) is 0 Å². The molecule has 0 aliphatic heterocycles. The van der Waals surface area contributed by atoms with Crippen molar-refractivity contribution in [1.29, 1.82) is 0 Å². The van der Waals surface area contributed by atoms with Gasteiger partial charge in [0.25, 0.3) is 5.69 Å². The van der Waals surface area contributed by atoms with E-state index in [2.05, 4.69) is 0 Å². The number of nitro groups is 1. The number of rotatable bonds is 3. The Balaban J connectivity index is 3.36. The number of benzene rings is 1. The zero-order valence-electron chi connectivity index (χ0n) is 8.37. The molecule has 8 heteroatoms. The van der Waals surface area contributed by atoms with Crippen LogP contribution in [-0.4, -0.2) is 17.6 Å². The highest BCUT2D eigenvalue weighted by Gasteiger charge is 2.42. The summed E-state index contributed by atoms with van der Waals surface area (Å²) in [6, 6.07) is 3.02. The van der Waals surface area contributed by atoms with E-state index in [0.29, 0.717) is 0 Å². The van der Waals surface area contributed by atoms with Crippen molar-refractivity contribution in [3.63, 3.8) is 0 Å². The lowest BCUT2D eigenvalue weighted by molar-refractivity contribution is -0.386. The quantitative estimate of drug-likeness (QED) is 0.677. The van der Waals surface area contributed by atoms with E-state index in [1.54, 1.807) is 0 Å². The van der Waals surface area contributed by atoms with Gasteiger partial charge in [-0.15, -0.1) is 0 Å². The van der Waals surface area contributed by atoms with E-state index in [4.69, 9.17) is 17.3 Å². The largest absolute Gasteiger partial charge is 0.397 e. The van der Waals surface area contributed by atoms with E-state index in [1.807, 2.05) is 0 Å². The third-order valence-corrected chi connectivity index (χ3v) is 2.43. The van der Waals surface area contributed by atoms with Crippen molar-refractivity contribution in [3.8, 4) is 0 Å². The molecule has 0 spiro atoms. The summed E-state index contributed by atoms with van der Waals surface area (Å²) in [4.78, 5) is 9.75. The average Bonchev–Trinajstić information content (AvgIpc) is 2.15. The van der Waals surface area contributed by atoms with Crippen LogP contribution in [-0.2, 0) is 0 Å². The fourth-order valence-corrected chi connectivity index (χ4v) is 1.59. The van der Waals surface area contributed by atoms with Crippen molar-refractivity contribution in [2.75, 3.05) is 6.54 Å². The van der Waals surface area contributed by atoms with Gasteiger partial charge in [0, 0.05) is 23.2 Å². The van der Waals surface area contributed by atoms with Crippen molar-refractivity contribution in [2.24, 2.45) is 5.73 Å². The van der Waals surface area contributed by atoms with Crippen LogP contribution in [0.15, 0.2) is 18.2 Å². The van der Waals surface area contributed by atoms with Gasteiger partial charge in [0.1, 0.15) is 0 Å². The number of nitro benzene ring substituents is 1. The molecule has 1 rings (SSSR count). The van der Waals surface area contributed by atoms with Crippen molar-refractivity contribution >= 4 is 17.3 Å². The van der Waals surface area contributed by atoms with Crippen LogP contribution in [0.4, 0.5) is 18.9 Å². The molecule has 1 aromatic rings. The molecular weight excluding hydrogens is 261 g/mol. The highest BCUT2D eigenvalue weighted by molar-refractivity contribution is 6.30. The molecule has 0 saturated carbocycles. The maximum absolute atomic E-state index is 12.6. The molecule has 1 atom stereocenters. The normalized spacial score (nSPS) is 13.5. The van der Waals surface area contributed by atoms with E-state index in [9.17, 15) is 23.3 Å². The molecule has 4 nitrogen and oxygen atoms in total. The number of alkyl halides is 3. The molecule has 0 bridgehead atoms. The molecule has 0 aliphatic carbocycles. The summed E-state index contributed by atoms with van der Waals surface area (Å²) in [7, 11) is 0. The fourth-order valence-electron chi connectivity index (χ4n) is 1.41. The number of hydrogen-bond donors (Lipinski definition) is 1. The van der Waals surface area contributed by atoms with Crippen LogP contribution in [0, 0.1) is 10.1 Å². The Morgan fingerprint density at radius 3 is 2.47 bits per heavy atom. The zero-order chi connectivity index (χ0) is 13.2. The van der Waals surface area contributed by atoms with Gasteiger partial charge in [-0.1, -0.05) is 11.6 Å². The van der Waals surface area contributed by atoms with Gasteiger partial charge in [-0.3, -0.25) is 10.1 Å². The first-order valence-corrected chi connectivity index (χ1v) is 4.85. The summed E-state index contributed by atoms with van der Waals surface area (Å²) in [6.07, 6.45) is -4.65. The number of nitrogens with two attached hydrogens (primary N) is 1. The Morgan fingerprint density at radius 1 is 1.47 bits per heavy atom. The van der Waals surface area contributed by atoms with Crippen LogP contribution >= 0.6 is 11.6 Å². The molecule has 17 heavy (non-hydrogen) atoms. The monoisotopic (exact) mass is 268 g/mol. The molecule has 0 amide bonds. The second kappa shape index (κ2) is 4.89. The summed E-state index contributed by atoms with van der Waals surface area (Å²) in [5.74, 6) is -2.10. The minimum atomic E-state index is -4.65. The molecule has 0 heterocycles. The number of nitrogens with zero attached hydrogens (tertiary/aromatic N) is 1. The molecule has 0 radical (unpaired) electrons. The van der Waals surface area contributed by atoms with Gasteiger partial charge >= 0.3 is 6.18 Å². The molecule has 2 N–H and O–H groups in total. The van der Waals surface area contributed by atoms with Gasteiger partial charge in [0.15, 0.2) is 0 Å². The highest BCUT2D eigenvalue weighted by atomic mass is 35.5. The highest BCUT2D eigenvalue weighted by Crippen LogP contribution is 2.39. The van der Waals surface area contributed by atoms with E-state index in [1.165, 1.54) is 0 Å². The third-order valence-electron chi connectivity index (χ3n) is 2.19. The predicted molar refractivity (Wildman–Crippen MR) is 56.0 cm³/mol. The SMILES string of the molecule is NCC(c1cc(Cl)ccc1[N+](=O)[O-])C(F)(F)F. The van der Waals surface area contributed by atoms with Gasteiger partial charge in [-0.05, 0) is 12.1 Å². The summed E-state index contributed by atoms with van der Waals surface area (Å²) in [5, 5.41) is 10.6. The fraction of sp³-hybridized carbons (Fsp3) is 0.333. The second-order valence-electron chi connectivity index (χ2n) is 3.29. The first-order chi connectivity index (χ1) is 7.77. The summed E-state index contributed by atoms with van der Waals surface area (Å²) in [6.45, 7) is -0.773. The van der Waals surface area contributed by atoms with Crippen LogP contribution in [0.2, 0.25) is 5.02 Å². The average molecular weight is 269 g/mol. The van der Waals surface area contributed by atoms with Gasteiger partial charge in [-0.25, -0.2) is 0 Å². The van der Waals surface area contributed by atoms with Crippen LogP contribution in [0.5, 0.6) is 0 Å². The lowest BCUT2D eigenvalue weighted by atomic mass is 9.97. The van der Waals surface area contributed by atoms with E-state index in [-0.39, 0.29) is 5.02 Å². The summed E-state index contributed by atoms with van der Waals surface area (Å²) >= 11 is 5.54. The first-order valence-electron chi connectivity index (χ1n) is 4.48. The van der Waals surface area contributed by atoms with Crippen molar-refractivity contribution in [3.05, 3.63) is 38.9 Å².